The second-order valence-corrected chi connectivity index (χ2v) is 7.36. The number of hydrogen-bond acceptors (Lipinski definition) is 0. The third-order valence-electron chi connectivity index (χ3n) is 4.54. The van der Waals surface area contributed by atoms with Crippen LogP contribution >= 0.6 is 0 Å². The molecule has 0 aromatic rings. The summed E-state index contributed by atoms with van der Waals surface area (Å²) in [6, 6.07) is 0. The second kappa shape index (κ2) is 40.9. The van der Waals surface area contributed by atoms with E-state index in [1.54, 1.807) is 0 Å². The van der Waals surface area contributed by atoms with Crippen molar-refractivity contribution < 1.29 is 66.0 Å². The van der Waals surface area contributed by atoms with Crippen molar-refractivity contribution in [2.75, 3.05) is 0 Å². The molecule has 0 heterocycles. The predicted molar refractivity (Wildman–Crippen MR) is 141 cm³/mol. The van der Waals surface area contributed by atoms with Crippen molar-refractivity contribution in [1.29, 1.82) is 0 Å². The van der Waals surface area contributed by atoms with Gasteiger partial charge in [0.15, 0.2) is 0 Å². The van der Waals surface area contributed by atoms with Gasteiger partial charge in [0.1, 0.15) is 0 Å². The Morgan fingerprint density at radius 1 is 0.194 bits per heavy atom. The van der Waals surface area contributed by atoms with Gasteiger partial charge in [0.25, 0.3) is 0 Å². The van der Waals surface area contributed by atoms with Gasteiger partial charge in [-0.25, -0.2) is 0 Å². The van der Waals surface area contributed by atoms with E-state index >= 15 is 0 Å². The van der Waals surface area contributed by atoms with Crippen LogP contribution in [0.1, 0.15) is 51.4 Å². The van der Waals surface area contributed by atoms with E-state index in [0.717, 1.165) is 0 Å². The molecule has 4 saturated carbocycles. The normalized spacial score (nSPS) is 22.2. The monoisotopic (exact) mass is 656 g/mol. The number of rotatable bonds is 0. The maximum atomic E-state index is 2.35. The summed E-state index contributed by atoms with van der Waals surface area (Å²) in [7, 11) is 0. The van der Waals surface area contributed by atoms with E-state index in [4.69, 9.17) is 0 Å². The van der Waals surface area contributed by atoms with Crippen molar-refractivity contribution in [3.8, 4) is 0 Å². The summed E-state index contributed by atoms with van der Waals surface area (Å²) in [5.41, 5.74) is 0. The maximum Gasteiger partial charge on any atom is 0 e. The first kappa shape index (κ1) is 44.5. The smallest absolute Gasteiger partial charge is 0 e. The van der Waals surface area contributed by atoms with E-state index in [2.05, 4.69) is 24.3 Å². The van der Waals surface area contributed by atoms with E-state index < -0.39 is 0 Å². The van der Waals surface area contributed by atoms with Crippen molar-refractivity contribution in [3.05, 3.63) is 153 Å². The topological polar surface area (TPSA) is 0 Å². The third kappa shape index (κ3) is 37.6. The molecule has 0 saturated heterocycles. The molecule has 4 fully saturated rings. The molecule has 4 heteroatoms. The SMILES string of the molecule is C1=C\CCCC/C=C\CCCC/1.[CH]1[CH][CH][CH][CH]1.[CH]1[CH][CH][CH][CH]1.[CH]1[CH][CH][CH][CH]1.[CH]1[CH][CH][CH][CH]1.[Ni].[Ni].[Ni].[Ni]. The van der Waals surface area contributed by atoms with Crippen LogP contribution in [-0.4, -0.2) is 0 Å². The maximum absolute atomic E-state index is 2.35. The minimum Gasteiger partial charge on any atom is -0.0885 e. The fourth-order valence-electron chi connectivity index (χ4n) is 2.80. The average Bonchev–Trinajstić information content (AvgIpc) is 3.68. The van der Waals surface area contributed by atoms with E-state index in [-0.39, 0.29) is 66.0 Å². The van der Waals surface area contributed by atoms with Gasteiger partial charge in [-0.15, -0.1) is 0 Å². The van der Waals surface area contributed by atoms with Crippen LogP contribution in [0.2, 0.25) is 0 Å². The van der Waals surface area contributed by atoms with Crippen molar-refractivity contribution in [1.82, 2.24) is 0 Å². The van der Waals surface area contributed by atoms with Gasteiger partial charge in [-0.3, -0.25) is 0 Å². The van der Waals surface area contributed by atoms with Crippen LogP contribution in [0.3, 0.4) is 0 Å². The molecular weight excluding hydrogens is 619 g/mol. The quantitative estimate of drug-likeness (QED) is 0.181. The summed E-state index contributed by atoms with van der Waals surface area (Å²) in [4.78, 5) is 0. The number of hydrogen-bond donors (Lipinski definition) is 0. The van der Waals surface area contributed by atoms with Crippen molar-refractivity contribution >= 4 is 0 Å². The van der Waals surface area contributed by atoms with Crippen molar-refractivity contribution in [2.24, 2.45) is 0 Å². The van der Waals surface area contributed by atoms with Crippen LogP contribution in [0, 0.1) is 128 Å². The molecule has 5 rings (SSSR count). The van der Waals surface area contributed by atoms with E-state index in [1.807, 2.05) is 128 Å². The molecule has 0 bridgehead atoms. The van der Waals surface area contributed by atoms with Crippen LogP contribution in [0.15, 0.2) is 24.3 Å². The van der Waals surface area contributed by atoms with Gasteiger partial charge in [-0.2, -0.15) is 0 Å². The molecular formula is C32H40Ni4. The first-order chi connectivity index (χ1) is 16.0. The minimum absolute atomic E-state index is 0. The van der Waals surface area contributed by atoms with Gasteiger partial charge in [0, 0.05) is 66.0 Å². The zero-order valence-electron chi connectivity index (χ0n) is 20.8. The summed E-state index contributed by atoms with van der Waals surface area (Å²) in [6.07, 6.45) is 60.0. The van der Waals surface area contributed by atoms with Crippen LogP contribution in [0.25, 0.3) is 0 Å². The number of allylic oxidation sites excluding steroid dienone is 4. The standard InChI is InChI=1S/C12H20.4C5H5.4Ni/c1-2-4-6-8-10-12-11-9-7-5-3-1;4*1-2-4-5-3-1;;;;/h1-2,11-12H,3-10H2;4*1-5H;;;;/b2-1-,12-11-;;;;;;;;. The van der Waals surface area contributed by atoms with Crippen LogP contribution in [0.4, 0.5) is 0 Å². The Morgan fingerprint density at radius 2 is 0.306 bits per heavy atom. The predicted octanol–water partition coefficient (Wildman–Crippen LogP) is 8.31. The van der Waals surface area contributed by atoms with Crippen LogP contribution in [-0.2, 0) is 66.0 Å². The third-order valence-corrected chi connectivity index (χ3v) is 4.54. The first-order valence-electron chi connectivity index (χ1n) is 12.0. The van der Waals surface area contributed by atoms with E-state index in [9.17, 15) is 0 Å². The fraction of sp³-hybridized carbons (Fsp3) is 0.250. The molecule has 0 aromatic carbocycles. The summed E-state index contributed by atoms with van der Waals surface area (Å²) >= 11 is 0. The largest absolute Gasteiger partial charge is 0.0885 e. The Morgan fingerprint density at radius 3 is 0.417 bits per heavy atom. The van der Waals surface area contributed by atoms with Crippen molar-refractivity contribution in [2.45, 2.75) is 51.4 Å². The molecule has 20 radical (unpaired) electrons. The molecule has 36 heavy (non-hydrogen) atoms. The van der Waals surface area contributed by atoms with Crippen LogP contribution in [0.5, 0.6) is 0 Å². The van der Waals surface area contributed by atoms with Gasteiger partial charge in [0.05, 0.1) is 0 Å². The molecule has 0 unspecified atom stereocenters. The molecule has 0 aliphatic heterocycles. The molecule has 0 nitrogen and oxygen atoms in total. The summed E-state index contributed by atoms with van der Waals surface area (Å²) < 4.78 is 0. The molecule has 5 aliphatic rings. The molecule has 208 valence electrons. The van der Waals surface area contributed by atoms with Gasteiger partial charge in [-0.1, -0.05) is 24.3 Å². The zero-order chi connectivity index (χ0) is 22.6. The molecule has 0 aromatic heterocycles. The molecule has 0 atom stereocenters. The van der Waals surface area contributed by atoms with E-state index in [0.29, 0.717) is 0 Å². The molecule has 0 amide bonds. The Kier molecular flexibility index (Phi) is 50.6. The Labute approximate surface area is 268 Å². The summed E-state index contributed by atoms with van der Waals surface area (Å²) in [5.74, 6) is 0. The Bertz CT molecular complexity index is 289. The molecule has 5 aliphatic carbocycles. The van der Waals surface area contributed by atoms with E-state index in [1.165, 1.54) is 51.4 Å². The van der Waals surface area contributed by atoms with Crippen molar-refractivity contribution in [3.63, 3.8) is 0 Å². The van der Waals surface area contributed by atoms with Crippen LogP contribution < -0.4 is 0 Å². The van der Waals surface area contributed by atoms with Gasteiger partial charge in [0.2, 0.25) is 0 Å². The first-order valence-corrected chi connectivity index (χ1v) is 12.0. The zero-order valence-corrected chi connectivity index (χ0v) is 24.7. The molecule has 0 N–H and O–H groups in total. The van der Waals surface area contributed by atoms with Gasteiger partial charge in [-0.05, 0) is 180 Å². The van der Waals surface area contributed by atoms with Gasteiger partial charge < -0.3 is 0 Å². The molecule has 0 spiro atoms. The second-order valence-electron chi connectivity index (χ2n) is 7.36. The fourth-order valence-corrected chi connectivity index (χ4v) is 2.80. The minimum atomic E-state index is 0. The summed E-state index contributed by atoms with van der Waals surface area (Å²) in [5, 5.41) is 0. The average molecular weight is 659 g/mol. The Hall–Kier alpha value is 1.45. The summed E-state index contributed by atoms with van der Waals surface area (Å²) in [6.45, 7) is 0. The Balaban J connectivity index is -0.000000183. The van der Waals surface area contributed by atoms with Gasteiger partial charge >= 0.3 is 0 Å².